The molecule has 21 heteroatoms. The number of benzene rings is 2. The maximum Gasteiger partial charge on any atom is 0.254 e. The number of nitrogens with zero attached hydrogens (tertiary/aromatic N) is 8. The number of ether oxygens (including phenoxy) is 6. The fraction of sp³-hybridized carbons (Fsp3) is 0.547. The molecule has 3 N–H and O–H groups in total. The molecule has 2 aliphatic carbocycles. The molecule has 2 fully saturated rings. The largest absolute Gasteiger partial charge is 0.495 e. The summed E-state index contributed by atoms with van der Waals surface area (Å²) in [7, 11) is 5.17. The predicted molar refractivity (Wildman–Crippen MR) is 281 cm³/mol. The number of amides is 3. The predicted octanol–water partition coefficient (Wildman–Crippen LogP) is 6.59. The van der Waals surface area contributed by atoms with E-state index in [2.05, 4.69) is 41.9 Å². The Labute approximate surface area is 438 Å². The number of aromatic nitrogens is 4. The molecule has 0 radical (unpaired) electrons. The van der Waals surface area contributed by atoms with Crippen LogP contribution in [0.5, 0.6) is 11.5 Å². The van der Waals surface area contributed by atoms with E-state index >= 15 is 0 Å². The highest BCUT2D eigenvalue weighted by atomic mass is 35.5. The van der Waals surface area contributed by atoms with Crippen molar-refractivity contribution in [2.45, 2.75) is 91.0 Å². The van der Waals surface area contributed by atoms with Crippen molar-refractivity contribution in [3.8, 4) is 17.6 Å². The van der Waals surface area contributed by atoms with Gasteiger partial charge in [-0.25, -0.2) is 15.0 Å². The van der Waals surface area contributed by atoms with Crippen LogP contribution in [0.3, 0.4) is 0 Å². The fourth-order valence-electron chi connectivity index (χ4n) is 10.3. The third-order valence-corrected chi connectivity index (χ3v) is 14.3. The SMILES string of the molecule is CCC1C(=O)N(C)c2cnc(Nc3ccc(C(=O)NCCOCCOCCOCCOCCN(C)c4ncc(C(=O)NC5C(C)(C)C(Oc6ccc(C#N)c(Cl)c6)C5(C)C)cn4)cc3OC)nc2N1C1CCCC1. The Hall–Kier alpha value is -6.37. The zero-order valence-corrected chi connectivity index (χ0v) is 44.5. The summed E-state index contributed by atoms with van der Waals surface area (Å²) in [6, 6.07) is 12.0. The third-order valence-electron chi connectivity index (χ3n) is 14.0. The van der Waals surface area contributed by atoms with Crippen molar-refractivity contribution in [3.05, 3.63) is 76.7 Å². The lowest BCUT2D eigenvalue weighted by Gasteiger charge is -2.63. The number of nitriles is 1. The van der Waals surface area contributed by atoms with Crippen molar-refractivity contribution in [3.63, 3.8) is 0 Å². The third kappa shape index (κ3) is 12.9. The van der Waals surface area contributed by atoms with Gasteiger partial charge in [0.15, 0.2) is 5.82 Å². The lowest BCUT2D eigenvalue weighted by atomic mass is 9.49. The van der Waals surface area contributed by atoms with Crippen molar-refractivity contribution in [2.24, 2.45) is 10.8 Å². The highest BCUT2D eigenvalue weighted by molar-refractivity contribution is 6.31. The molecule has 20 nitrogen and oxygen atoms in total. The molecule has 0 saturated heterocycles. The molecule has 3 aliphatic rings. The Balaban J connectivity index is 0.715. The quantitative estimate of drug-likeness (QED) is 0.0564. The molecule has 4 aromatic rings. The average molecular weight is 1040 g/mol. The van der Waals surface area contributed by atoms with Crippen LogP contribution < -0.4 is 40.1 Å². The highest BCUT2D eigenvalue weighted by Gasteiger charge is 2.64. The van der Waals surface area contributed by atoms with Crippen molar-refractivity contribution in [1.82, 2.24) is 30.6 Å². The van der Waals surface area contributed by atoms with Crippen LogP contribution in [0.2, 0.25) is 5.02 Å². The van der Waals surface area contributed by atoms with Gasteiger partial charge in [0.2, 0.25) is 17.8 Å². The smallest absolute Gasteiger partial charge is 0.254 e. The number of hydrogen-bond acceptors (Lipinski definition) is 17. The van der Waals surface area contributed by atoms with Crippen LogP contribution in [0.1, 0.15) is 93.0 Å². The van der Waals surface area contributed by atoms with Gasteiger partial charge in [0.05, 0.1) is 88.0 Å². The van der Waals surface area contributed by atoms with Gasteiger partial charge in [-0.2, -0.15) is 10.2 Å². The average Bonchev–Trinajstić information content (AvgIpc) is 3.94. The molecule has 1 atom stereocenters. The summed E-state index contributed by atoms with van der Waals surface area (Å²) < 4.78 is 34.6. The summed E-state index contributed by atoms with van der Waals surface area (Å²) in [5, 5.41) is 18.8. The summed E-state index contributed by atoms with van der Waals surface area (Å²) >= 11 is 6.23. The normalized spacial score (nSPS) is 18.8. The molecule has 2 aromatic heterocycles. The lowest BCUT2D eigenvalue weighted by molar-refractivity contribution is -0.164. The van der Waals surface area contributed by atoms with Gasteiger partial charge in [0.1, 0.15) is 35.4 Å². The van der Waals surface area contributed by atoms with Gasteiger partial charge in [-0.3, -0.25) is 14.4 Å². The molecule has 1 unspecified atom stereocenters. The van der Waals surface area contributed by atoms with Crippen LogP contribution in [0, 0.1) is 22.2 Å². The molecular formula is C53H70ClN11O9. The molecule has 2 aromatic carbocycles. The van der Waals surface area contributed by atoms with Crippen LogP contribution in [0.4, 0.5) is 29.1 Å². The minimum atomic E-state index is -0.405. The van der Waals surface area contributed by atoms with Gasteiger partial charge >= 0.3 is 0 Å². The zero-order valence-electron chi connectivity index (χ0n) is 43.7. The minimum Gasteiger partial charge on any atom is -0.495 e. The van der Waals surface area contributed by atoms with Crippen molar-refractivity contribution < 1.29 is 42.8 Å². The van der Waals surface area contributed by atoms with Gasteiger partial charge in [0.25, 0.3) is 11.8 Å². The van der Waals surface area contributed by atoms with Gasteiger partial charge in [-0.1, -0.05) is 59.1 Å². The number of halogens is 1. The number of methoxy groups -OCH3 is 1. The Morgan fingerprint density at radius 3 is 2.14 bits per heavy atom. The van der Waals surface area contributed by atoms with Crippen LogP contribution in [-0.2, 0) is 23.7 Å². The van der Waals surface area contributed by atoms with E-state index in [1.807, 2.05) is 46.6 Å². The van der Waals surface area contributed by atoms with Gasteiger partial charge < -0.3 is 59.1 Å². The van der Waals surface area contributed by atoms with E-state index in [0.29, 0.717) is 129 Å². The molecule has 3 heterocycles. The number of fused-ring (bicyclic) bond motifs is 1. The van der Waals surface area contributed by atoms with E-state index in [1.54, 1.807) is 54.5 Å². The number of rotatable bonds is 26. The minimum absolute atomic E-state index is 0.0575. The highest BCUT2D eigenvalue weighted by Crippen LogP contribution is 2.55. The summed E-state index contributed by atoms with van der Waals surface area (Å²) in [4.78, 5) is 63.6. The van der Waals surface area contributed by atoms with E-state index in [1.165, 1.54) is 19.5 Å². The maximum absolute atomic E-state index is 13.3. The van der Waals surface area contributed by atoms with E-state index in [0.717, 1.165) is 31.5 Å². The molecule has 3 amide bonds. The Morgan fingerprint density at radius 1 is 0.865 bits per heavy atom. The molecule has 0 spiro atoms. The van der Waals surface area contributed by atoms with Gasteiger partial charge in [-0.05, 0) is 49.6 Å². The molecule has 2 saturated carbocycles. The van der Waals surface area contributed by atoms with Crippen LogP contribution >= 0.6 is 11.6 Å². The van der Waals surface area contributed by atoms with E-state index in [9.17, 15) is 19.6 Å². The fourth-order valence-corrected chi connectivity index (χ4v) is 10.6. The van der Waals surface area contributed by atoms with Gasteiger partial charge in [0, 0.05) is 74.1 Å². The topological polar surface area (TPSA) is 228 Å². The van der Waals surface area contributed by atoms with Crippen LogP contribution in [0.25, 0.3) is 0 Å². The van der Waals surface area contributed by atoms with E-state index in [4.69, 9.17) is 45.0 Å². The Morgan fingerprint density at radius 2 is 1.51 bits per heavy atom. The molecule has 7 rings (SSSR count). The standard InChI is InChI=1S/C53H70ClN11O9/c1-9-41-47(68)64(7)42-33-57-50(61-44(42)65(41)37-12-10-11-13-37)60-40-17-15-34(28-43(40)69-8)45(66)56-18-20-70-22-24-72-26-27-73-25-23-71-21-19-63(6)51-58-31-36(32-59-51)46(67)62-48-52(2,3)49(53(48,4)5)74-38-16-14-35(30-55)39(54)29-38/h14-17,28-29,31-33,37,41,48-49H,9-13,18-27H2,1-8H3,(H,56,66)(H,62,67)(H,57,60,61). The molecule has 74 heavy (non-hydrogen) atoms. The Bertz CT molecular complexity index is 2590. The van der Waals surface area contributed by atoms with E-state index < -0.39 is 10.8 Å². The molecular weight excluding hydrogens is 970 g/mol. The van der Waals surface area contributed by atoms with Crippen LogP contribution in [-0.4, -0.2) is 149 Å². The van der Waals surface area contributed by atoms with Crippen LogP contribution in [0.15, 0.2) is 55.0 Å². The second-order valence-electron chi connectivity index (χ2n) is 19.8. The van der Waals surface area contributed by atoms with Crippen molar-refractivity contribution in [2.75, 3.05) is 107 Å². The monoisotopic (exact) mass is 1040 g/mol. The molecule has 1 aliphatic heterocycles. The lowest BCUT2D eigenvalue weighted by Crippen LogP contribution is -2.74. The first-order valence-electron chi connectivity index (χ1n) is 25.3. The van der Waals surface area contributed by atoms with Gasteiger partial charge in [-0.15, -0.1) is 0 Å². The number of nitrogens with one attached hydrogen (secondary N) is 3. The van der Waals surface area contributed by atoms with Crippen molar-refractivity contribution in [1.29, 1.82) is 5.26 Å². The number of likely N-dealkylation sites (N-methyl/N-ethyl adjacent to an activating group) is 2. The first-order chi connectivity index (χ1) is 35.6. The number of hydrogen-bond donors (Lipinski definition) is 3. The molecule has 0 bridgehead atoms. The first-order valence-corrected chi connectivity index (χ1v) is 25.6. The second-order valence-corrected chi connectivity index (χ2v) is 20.2. The van der Waals surface area contributed by atoms with E-state index in [-0.39, 0.29) is 42.0 Å². The Kier molecular flexibility index (Phi) is 18.9. The summed E-state index contributed by atoms with van der Waals surface area (Å²) in [6.07, 6.45) is 9.50. The summed E-state index contributed by atoms with van der Waals surface area (Å²) in [5.41, 5.74) is 1.63. The molecule has 398 valence electrons. The summed E-state index contributed by atoms with van der Waals surface area (Å²) in [6.45, 7) is 14.2. The number of carbonyl (C=O) groups is 3. The number of carbonyl (C=O) groups excluding carboxylic acids is 3. The zero-order chi connectivity index (χ0) is 53.0. The van der Waals surface area contributed by atoms with Crippen molar-refractivity contribution >= 4 is 58.4 Å². The summed E-state index contributed by atoms with van der Waals surface area (Å²) in [5.74, 6) is 2.12. The maximum atomic E-state index is 13.3. The number of anilines is 5. The first kappa shape index (κ1) is 55.4. The second kappa shape index (κ2) is 25.2.